The monoisotopic (exact) mass is 388 g/mol. The van der Waals surface area contributed by atoms with Crippen LogP contribution in [0, 0.1) is 0 Å². The molecular formula is C24H24N2O3. The average Bonchev–Trinajstić information content (AvgIpc) is 2.75. The SMILES string of the molecule is NC(Cc1ccc(-c2cccc(CNCC(=O)c3ccccc3)c2)cc1)C(=O)O. The first-order chi connectivity index (χ1) is 14.0. The van der Waals surface area contributed by atoms with Gasteiger partial charge in [-0.05, 0) is 34.7 Å². The fourth-order valence-corrected chi connectivity index (χ4v) is 3.08. The molecule has 0 radical (unpaired) electrons. The number of carbonyl (C=O) groups excluding carboxylic acids is 1. The molecule has 5 nitrogen and oxygen atoms in total. The molecule has 0 saturated carbocycles. The lowest BCUT2D eigenvalue weighted by molar-refractivity contribution is -0.138. The first kappa shape index (κ1) is 20.5. The Bertz CT molecular complexity index is 969. The second-order valence-electron chi connectivity index (χ2n) is 6.94. The zero-order valence-corrected chi connectivity index (χ0v) is 16.0. The van der Waals surface area contributed by atoms with Gasteiger partial charge >= 0.3 is 5.97 Å². The van der Waals surface area contributed by atoms with Crippen molar-refractivity contribution in [2.75, 3.05) is 6.54 Å². The van der Waals surface area contributed by atoms with Gasteiger partial charge in [0.2, 0.25) is 0 Å². The summed E-state index contributed by atoms with van der Waals surface area (Å²) in [4.78, 5) is 23.1. The highest BCUT2D eigenvalue weighted by atomic mass is 16.4. The van der Waals surface area contributed by atoms with Crippen LogP contribution >= 0.6 is 0 Å². The molecule has 0 amide bonds. The molecule has 29 heavy (non-hydrogen) atoms. The smallest absolute Gasteiger partial charge is 0.320 e. The summed E-state index contributed by atoms with van der Waals surface area (Å²) in [6.07, 6.45) is 0.301. The van der Waals surface area contributed by atoms with Crippen LogP contribution in [-0.2, 0) is 17.8 Å². The fourth-order valence-electron chi connectivity index (χ4n) is 3.08. The summed E-state index contributed by atoms with van der Waals surface area (Å²) in [6.45, 7) is 0.880. The molecular weight excluding hydrogens is 364 g/mol. The normalized spacial score (nSPS) is 11.8. The number of hydrogen-bond acceptors (Lipinski definition) is 4. The molecule has 1 unspecified atom stereocenters. The van der Waals surface area contributed by atoms with Gasteiger partial charge in [0.15, 0.2) is 5.78 Å². The molecule has 0 aliphatic carbocycles. The van der Waals surface area contributed by atoms with Gasteiger partial charge in [-0.3, -0.25) is 9.59 Å². The molecule has 3 rings (SSSR count). The number of hydrogen-bond donors (Lipinski definition) is 3. The lowest BCUT2D eigenvalue weighted by Crippen LogP contribution is -2.32. The number of Topliss-reactive ketones (excluding diaryl/α,β-unsaturated/α-hetero) is 1. The minimum atomic E-state index is -1.000. The highest BCUT2D eigenvalue weighted by Crippen LogP contribution is 2.21. The summed E-state index contributed by atoms with van der Waals surface area (Å²) >= 11 is 0. The van der Waals surface area contributed by atoms with Crippen LogP contribution in [0.15, 0.2) is 78.9 Å². The average molecular weight is 388 g/mol. The van der Waals surface area contributed by atoms with E-state index in [-0.39, 0.29) is 12.3 Å². The minimum absolute atomic E-state index is 0.0666. The van der Waals surface area contributed by atoms with Crippen molar-refractivity contribution in [2.24, 2.45) is 5.73 Å². The largest absolute Gasteiger partial charge is 0.480 e. The summed E-state index contributed by atoms with van der Waals surface area (Å²) in [6, 6.07) is 24.2. The number of ketones is 1. The zero-order valence-electron chi connectivity index (χ0n) is 16.0. The van der Waals surface area contributed by atoms with E-state index in [0.717, 1.165) is 22.3 Å². The molecule has 1 atom stereocenters. The molecule has 4 N–H and O–H groups in total. The molecule has 0 heterocycles. The Morgan fingerprint density at radius 3 is 2.28 bits per heavy atom. The molecule has 0 saturated heterocycles. The van der Waals surface area contributed by atoms with Crippen LogP contribution in [-0.4, -0.2) is 29.4 Å². The molecule has 3 aromatic carbocycles. The molecule has 0 fully saturated rings. The van der Waals surface area contributed by atoms with Crippen LogP contribution in [0.25, 0.3) is 11.1 Å². The van der Waals surface area contributed by atoms with Crippen molar-refractivity contribution in [1.82, 2.24) is 5.32 Å². The van der Waals surface area contributed by atoms with Gasteiger partial charge in [0, 0.05) is 12.1 Å². The summed E-state index contributed by atoms with van der Waals surface area (Å²) in [5, 5.41) is 12.1. The van der Waals surface area contributed by atoms with Crippen molar-refractivity contribution >= 4 is 11.8 Å². The van der Waals surface area contributed by atoms with Crippen LogP contribution in [0.1, 0.15) is 21.5 Å². The molecule has 0 aliphatic rings. The molecule has 0 aromatic heterocycles. The van der Waals surface area contributed by atoms with Crippen molar-refractivity contribution in [1.29, 1.82) is 0 Å². The second kappa shape index (κ2) is 9.78. The van der Waals surface area contributed by atoms with E-state index < -0.39 is 12.0 Å². The first-order valence-corrected chi connectivity index (χ1v) is 9.48. The van der Waals surface area contributed by atoms with E-state index in [9.17, 15) is 9.59 Å². The highest BCUT2D eigenvalue weighted by molar-refractivity contribution is 5.97. The van der Waals surface area contributed by atoms with Crippen LogP contribution in [0.2, 0.25) is 0 Å². The van der Waals surface area contributed by atoms with Crippen LogP contribution < -0.4 is 11.1 Å². The highest BCUT2D eigenvalue weighted by Gasteiger charge is 2.12. The fraction of sp³-hybridized carbons (Fsp3) is 0.167. The molecule has 0 bridgehead atoms. The molecule has 5 heteroatoms. The van der Waals surface area contributed by atoms with Gasteiger partial charge in [0.1, 0.15) is 6.04 Å². The van der Waals surface area contributed by atoms with E-state index in [1.807, 2.05) is 72.8 Å². The lowest BCUT2D eigenvalue weighted by atomic mass is 9.99. The Hall–Kier alpha value is -3.28. The van der Waals surface area contributed by atoms with E-state index >= 15 is 0 Å². The number of carboxylic acids is 1. The van der Waals surface area contributed by atoms with Crippen molar-refractivity contribution in [3.05, 3.63) is 95.6 Å². The number of benzene rings is 3. The van der Waals surface area contributed by atoms with Gasteiger partial charge in [-0.2, -0.15) is 0 Å². The van der Waals surface area contributed by atoms with Crippen molar-refractivity contribution in [3.8, 4) is 11.1 Å². The standard InChI is InChI=1S/C24H24N2O3/c25-22(24(28)29)14-17-9-11-19(12-10-17)21-8-4-5-18(13-21)15-26-16-23(27)20-6-2-1-3-7-20/h1-13,22,26H,14-16,25H2,(H,28,29). The van der Waals surface area contributed by atoms with E-state index in [4.69, 9.17) is 10.8 Å². The topological polar surface area (TPSA) is 92.4 Å². The van der Waals surface area contributed by atoms with Crippen molar-refractivity contribution < 1.29 is 14.7 Å². The Morgan fingerprint density at radius 2 is 1.59 bits per heavy atom. The van der Waals surface area contributed by atoms with E-state index in [1.54, 1.807) is 0 Å². The maximum absolute atomic E-state index is 12.2. The number of nitrogens with two attached hydrogens (primary N) is 1. The Kier molecular flexibility index (Phi) is 6.89. The van der Waals surface area contributed by atoms with Crippen LogP contribution in [0.5, 0.6) is 0 Å². The third kappa shape index (κ3) is 5.85. The summed E-state index contributed by atoms with van der Waals surface area (Å²) in [5.41, 5.74) is 10.4. The van der Waals surface area contributed by atoms with Gasteiger partial charge in [-0.25, -0.2) is 0 Å². The molecule has 3 aromatic rings. The van der Waals surface area contributed by atoms with Crippen LogP contribution in [0.3, 0.4) is 0 Å². The second-order valence-corrected chi connectivity index (χ2v) is 6.94. The van der Waals surface area contributed by atoms with Crippen LogP contribution in [0.4, 0.5) is 0 Å². The number of aliphatic carboxylic acids is 1. The van der Waals surface area contributed by atoms with Gasteiger partial charge < -0.3 is 16.2 Å². The predicted molar refractivity (Wildman–Crippen MR) is 114 cm³/mol. The Balaban J connectivity index is 1.59. The summed E-state index contributed by atoms with van der Waals surface area (Å²) in [7, 11) is 0. The van der Waals surface area contributed by atoms with E-state index in [0.29, 0.717) is 18.5 Å². The van der Waals surface area contributed by atoms with Gasteiger partial charge in [-0.1, -0.05) is 72.8 Å². The summed E-state index contributed by atoms with van der Waals surface area (Å²) < 4.78 is 0. The number of rotatable bonds is 9. The number of carboxylic acid groups (broad SMARTS) is 1. The third-order valence-corrected chi connectivity index (χ3v) is 4.70. The van der Waals surface area contributed by atoms with E-state index in [1.165, 1.54) is 0 Å². The molecule has 148 valence electrons. The Labute approximate surface area is 170 Å². The first-order valence-electron chi connectivity index (χ1n) is 9.48. The van der Waals surface area contributed by atoms with Gasteiger partial charge in [-0.15, -0.1) is 0 Å². The third-order valence-electron chi connectivity index (χ3n) is 4.70. The van der Waals surface area contributed by atoms with Crippen molar-refractivity contribution in [2.45, 2.75) is 19.0 Å². The number of nitrogens with one attached hydrogen (secondary N) is 1. The van der Waals surface area contributed by atoms with Gasteiger partial charge in [0.05, 0.1) is 6.54 Å². The minimum Gasteiger partial charge on any atom is -0.480 e. The molecule has 0 aliphatic heterocycles. The quantitative estimate of drug-likeness (QED) is 0.489. The predicted octanol–water partition coefficient (Wildman–Crippen LogP) is 3.28. The number of carbonyl (C=O) groups is 2. The summed E-state index contributed by atoms with van der Waals surface area (Å²) in [5.74, 6) is -0.933. The maximum atomic E-state index is 12.2. The maximum Gasteiger partial charge on any atom is 0.320 e. The van der Waals surface area contributed by atoms with Crippen molar-refractivity contribution in [3.63, 3.8) is 0 Å². The zero-order chi connectivity index (χ0) is 20.6. The Morgan fingerprint density at radius 1 is 0.862 bits per heavy atom. The van der Waals surface area contributed by atoms with E-state index in [2.05, 4.69) is 11.4 Å². The molecule has 0 spiro atoms. The lowest BCUT2D eigenvalue weighted by Gasteiger charge is -2.09. The van der Waals surface area contributed by atoms with Gasteiger partial charge in [0.25, 0.3) is 0 Å².